The third kappa shape index (κ3) is 5.76. The Morgan fingerprint density at radius 3 is 2.00 bits per heavy atom. The Kier molecular flexibility index (Phi) is 8.15. The minimum absolute atomic E-state index is 0. The van der Waals surface area contributed by atoms with Crippen molar-refractivity contribution in [1.29, 1.82) is 0 Å². The van der Waals surface area contributed by atoms with Gasteiger partial charge in [0.2, 0.25) is 5.96 Å². The van der Waals surface area contributed by atoms with Crippen molar-refractivity contribution in [3.05, 3.63) is 0 Å². The first kappa shape index (κ1) is 9.90. The molecule has 7 heavy (non-hydrogen) atoms. The van der Waals surface area contributed by atoms with Gasteiger partial charge in [-0.05, 0) is 0 Å². The van der Waals surface area contributed by atoms with Gasteiger partial charge in [0.25, 0.3) is 0 Å². The summed E-state index contributed by atoms with van der Waals surface area (Å²) in [6.45, 7) is 0. The van der Waals surface area contributed by atoms with E-state index in [2.05, 4.69) is 10.9 Å². The average molecular weight is 217 g/mol. The number of hydrogen-bond acceptors (Lipinski definition) is 3. The molecule has 0 amide bonds. The van der Waals surface area contributed by atoms with Crippen LogP contribution in [0.3, 0.4) is 0 Å². The van der Waals surface area contributed by atoms with Gasteiger partial charge in [-0.1, -0.05) is 0 Å². The van der Waals surface area contributed by atoms with Crippen LogP contribution < -0.4 is 22.8 Å². The van der Waals surface area contributed by atoms with Crippen LogP contribution in [0.1, 0.15) is 0 Å². The molecule has 6 heteroatoms. The van der Waals surface area contributed by atoms with Crippen LogP contribution in [0.5, 0.6) is 0 Å². The lowest BCUT2D eigenvalue weighted by molar-refractivity contribution is 0.986. The van der Waals surface area contributed by atoms with E-state index >= 15 is 0 Å². The number of hydrogen-bond donors (Lipinski definition) is 4. The van der Waals surface area contributed by atoms with E-state index in [0.717, 1.165) is 0 Å². The molecule has 0 spiro atoms. The van der Waals surface area contributed by atoms with Crippen LogP contribution in [0.25, 0.3) is 0 Å². The van der Waals surface area contributed by atoms with Gasteiger partial charge in [-0.3, -0.25) is 5.43 Å². The number of hydrazone groups is 1. The zero-order chi connectivity index (χ0) is 4.99. The van der Waals surface area contributed by atoms with Gasteiger partial charge in [0.1, 0.15) is 0 Å². The van der Waals surface area contributed by atoms with Crippen LogP contribution in [0.2, 0.25) is 0 Å². The van der Waals surface area contributed by atoms with Gasteiger partial charge in [0.05, 0.1) is 0 Å². The number of halogens is 1. The molecule has 0 aromatic rings. The first-order valence-electron chi connectivity index (χ1n) is 1.31. The largest absolute Gasteiger partial charge is 0.367 e. The topological polar surface area (TPSA) is 102 Å². The molecule has 44 valence electrons. The molecule has 0 fully saturated rings. The Hall–Kier alpha value is -0.240. The van der Waals surface area contributed by atoms with Crippen LogP contribution >= 0.6 is 24.0 Å². The van der Waals surface area contributed by atoms with Crippen LogP contribution in [-0.4, -0.2) is 5.96 Å². The summed E-state index contributed by atoms with van der Waals surface area (Å²) in [5.74, 6) is 9.32. The van der Waals surface area contributed by atoms with Crippen molar-refractivity contribution in [3.63, 3.8) is 0 Å². The lowest BCUT2D eigenvalue weighted by atomic mass is 11.1. The van der Waals surface area contributed by atoms with Crippen molar-refractivity contribution in [2.75, 3.05) is 0 Å². The van der Waals surface area contributed by atoms with E-state index in [1.54, 1.807) is 0 Å². The van der Waals surface area contributed by atoms with E-state index in [1.807, 2.05) is 5.43 Å². The van der Waals surface area contributed by atoms with Crippen LogP contribution in [-0.2, 0) is 0 Å². The van der Waals surface area contributed by atoms with E-state index in [0.29, 0.717) is 0 Å². The molecule has 0 atom stereocenters. The standard InChI is InChI=1S/CH7N5.HI/c2-1(5-3)6-4;/h3-4H2,(H3,2,5,6);1H. The lowest BCUT2D eigenvalue weighted by Gasteiger charge is -1.89. The van der Waals surface area contributed by atoms with Crippen LogP contribution in [0, 0.1) is 0 Å². The highest BCUT2D eigenvalue weighted by Gasteiger charge is 1.73. The molecule has 0 aromatic heterocycles. The van der Waals surface area contributed by atoms with Crippen LogP contribution in [0.4, 0.5) is 0 Å². The van der Waals surface area contributed by atoms with Crippen molar-refractivity contribution in [3.8, 4) is 0 Å². The van der Waals surface area contributed by atoms with Crippen molar-refractivity contribution in [2.45, 2.75) is 0 Å². The second kappa shape index (κ2) is 5.76. The highest BCUT2D eigenvalue weighted by Crippen LogP contribution is 1.38. The minimum atomic E-state index is 0. The molecule has 0 radical (unpaired) electrons. The van der Waals surface area contributed by atoms with Gasteiger partial charge in [-0.15, -0.1) is 29.1 Å². The fourth-order valence-corrected chi connectivity index (χ4v) is 0.0373. The maximum absolute atomic E-state index is 4.86. The number of nitrogens with zero attached hydrogens (tertiary/aromatic N) is 1. The molecule has 0 aliphatic carbocycles. The molecule has 0 heterocycles. The maximum atomic E-state index is 4.86. The predicted molar refractivity (Wildman–Crippen MR) is 38.5 cm³/mol. The summed E-state index contributed by atoms with van der Waals surface area (Å²) in [6.07, 6.45) is 0. The molecule has 5 nitrogen and oxygen atoms in total. The second-order valence-electron chi connectivity index (χ2n) is 0.659. The molecule has 0 aromatic carbocycles. The molecule has 7 N–H and O–H groups in total. The fraction of sp³-hybridized carbons (Fsp3) is 0. The van der Waals surface area contributed by atoms with E-state index in [-0.39, 0.29) is 29.9 Å². The molecule has 0 aliphatic heterocycles. The molecule has 0 bridgehead atoms. The van der Waals surface area contributed by atoms with E-state index in [1.165, 1.54) is 0 Å². The number of nitrogens with two attached hydrogens (primary N) is 3. The zero-order valence-electron chi connectivity index (χ0n) is 3.59. The smallest absolute Gasteiger partial charge is 0.224 e. The Labute approximate surface area is 58.3 Å². The van der Waals surface area contributed by atoms with Crippen molar-refractivity contribution in [1.82, 2.24) is 5.43 Å². The summed E-state index contributed by atoms with van der Waals surface area (Å²) in [7, 11) is 0. The predicted octanol–water partition coefficient (Wildman–Crippen LogP) is -1.74. The number of hydrazine groups is 1. The number of rotatable bonds is 0. The van der Waals surface area contributed by atoms with Gasteiger partial charge in [-0.2, -0.15) is 0 Å². The summed E-state index contributed by atoms with van der Waals surface area (Å²) in [6, 6.07) is 0. The summed E-state index contributed by atoms with van der Waals surface area (Å²) < 4.78 is 0. The van der Waals surface area contributed by atoms with Crippen molar-refractivity contribution >= 4 is 29.9 Å². The maximum Gasteiger partial charge on any atom is 0.224 e. The van der Waals surface area contributed by atoms with Crippen molar-refractivity contribution < 1.29 is 0 Å². The molecular formula is CH8IN5. The zero-order valence-corrected chi connectivity index (χ0v) is 5.92. The third-order valence-electron chi connectivity index (χ3n) is 0.287. The van der Waals surface area contributed by atoms with Gasteiger partial charge < -0.3 is 11.6 Å². The van der Waals surface area contributed by atoms with E-state index in [9.17, 15) is 0 Å². The highest BCUT2D eigenvalue weighted by atomic mass is 127. The average Bonchev–Trinajstić information content (AvgIpc) is 1.65. The Morgan fingerprint density at radius 2 is 2.00 bits per heavy atom. The third-order valence-corrected chi connectivity index (χ3v) is 0.287. The number of nitrogens with one attached hydrogen (secondary N) is 1. The Morgan fingerprint density at radius 1 is 1.57 bits per heavy atom. The molecule has 0 aliphatic rings. The van der Waals surface area contributed by atoms with Gasteiger partial charge in [0, 0.05) is 0 Å². The summed E-state index contributed by atoms with van der Waals surface area (Å²) in [5, 5.41) is 2.97. The van der Waals surface area contributed by atoms with E-state index < -0.39 is 0 Å². The molecule has 0 unspecified atom stereocenters. The SMILES string of the molecule is I.N/N=C(\N)NN. The molecule has 0 saturated heterocycles. The molecular weight excluding hydrogens is 209 g/mol. The number of guanidine groups is 1. The van der Waals surface area contributed by atoms with E-state index in [4.69, 9.17) is 11.6 Å². The first-order chi connectivity index (χ1) is 2.81. The Balaban J connectivity index is 0. The van der Waals surface area contributed by atoms with Crippen LogP contribution in [0.15, 0.2) is 5.10 Å². The van der Waals surface area contributed by atoms with Gasteiger partial charge >= 0.3 is 0 Å². The molecule has 0 rings (SSSR count). The van der Waals surface area contributed by atoms with Crippen molar-refractivity contribution in [2.24, 2.45) is 22.5 Å². The van der Waals surface area contributed by atoms with Gasteiger partial charge in [-0.25, -0.2) is 5.84 Å². The fourth-order valence-electron chi connectivity index (χ4n) is 0.0373. The lowest BCUT2D eigenvalue weighted by Crippen LogP contribution is -2.37. The highest BCUT2D eigenvalue weighted by molar-refractivity contribution is 14.0. The summed E-state index contributed by atoms with van der Waals surface area (Å²) in [4.78, 5) is 0. The Bertz CT molecular complexity index is 59.1. The minimum Gasteiger partial charge on any atom is -0.367 e. The normalized spacial score (nSPS) is 9.57. The second-order valence-corrected chi connectivity index (χ2v) is 0.659. The first-order valence-corrected chi connectivity index (χ1v) is 1.31. The molecule has 0 saturated carbocycles. The summed E-state index contributed by atoms with van der Waals surface area (Å²) >= 11 is 0. The summed E-state index contributed by atoms with van der Waals surface area (Å²) in [5.41, 5.74) is 6.88. The quantitative estimate of drug-likeness (QED) is 0.127. The monoisotopic (exact) mass is 217 g/mol. The van der Waals surface area contributed by atoms with Gasteiger partial charge in [0.15, 0.2) is 0 Å².